The Kier molecular flexibility index (Phi) is 6.67. The molecule has 146 valence electrons. The average molecular weight is 372 g/mol. The second-order valence-electron chi connectivity index (χ2n) is 8.00. The van der Waals surface area contributed by atoms with Gasteiger partial charge in [0.2, 0.25) is 6.20 Å². The van der Waals surface area contributed by atoms with E-state index in [2.05, 4.69) is 17.8 Å². The molecule has 4 rings (SSSR count). The first kappa shape index (κ1) is 19.6. The van der Waals surface area contributed by atoms with Crippen molar-refractivity contribution >= 4 is 5.71 Å². The Labute approximate surface area is 161 Å². The minimum atomic E-state index is 0.185. The van der Waals surface area contributed by atoms with E-state index in [4.69, 9.17) is 0 Å². The van der Waals surface area contributed by atoms with Crippen molar-refractivity contribution in [3.8, 4) is 0 Å². The molecular weight excluding hydrogens is 340 g/mol. The number of hydrogen-bond acceptors (Lipinski definition) is 4. The van der Waals surface area contributed by atoms with E-state index >= 15 is 0 Å². The van der Waals surface area contributed by atoms with Gasteiger partial charge in [0, 0.05) is 16.9 Å². The molecule has 0 aliphatic heterocycles. The normalized spacial score (nSPS) is 25.1. The monoisotopic (exact) mass is 371 g/mol. The van der Waals surface area contributed by atoms with Gasteiger partial charge in [0.25, 0.3) is 5.69 Å². The smallest absolute Gasteiger partial charge is 0.286 e. The second kappa shape index (κ2) is 9.18. The number of unbranched alkanes of at least 4 members (excludes halogenated alkanes) is 1. The van der Waals surface area contributed by atoms with Crippen LogP contribution < -0.4 is 4.73 Å². The van der Waals surface area contributed by atoms with Crippen molar-refractivity contribution in [2.24, 2.45) is 22.9 Å². The molecule has 0 spiro atoms. The third kappa shape index (κ3) is 4.78. The number of hydrogen-bond donors (Lipinski definition) is 3. The Bertz CT molecular complexity index is 720. The van der Waals surface area contributed by atoms with Crippen molar-refractivity contribution in [2.45, 2.75) is 51.4 Å². The summed E-state index contributed by atoms with van der Waals surface area (Å²) in [7, 11) is 0. The van der Waals surface area contributed by atoms with Crippen LogP contribution in [0.2, 0.25) is 0 Å². The average Bonchev–Trinajstić information content (AvgIpc) is 2.61. The van der Waals surface area contributed by atoms with E-state index in [1.807, 2.05) is 0 Å². The Morgan fingerprint density at radius 1 is 1.22 bits per heavy atom. The number of fused-ring (bicyclic) bond motifs is 3. The molecule has 1 fully saturated rings. The van der Waals surface area contributed by atoms with E-state index in [1.165, 1.54) is 37.5 Å². The van der Waals surface area contributed by atoms with Crippen LogP contribution in [0, 0.1) is 17.8 Å². The zero-order valence-corrected chi connectivity index (χ0v) is 15.9. The van der Waals surface area contributed by atoms with Crippen LogP contribution in [0.3, 0.4) is 0 Å². The lowest BCUT2D eigenvalue weighted by atomic mass is 9.67. The highest BCUT2D eigenvalue weighted by atomic mass is 16.5. The molecule has 0 saturated heterocycles. The largest absolute Gasteiger partial charge is 0.410 e. The highest BCUT2D eigenvalue weighted by molar-refractivity contribution is 6.09. The highest BCUT2D eigenvalue weighted by Gasteiger charge is 2.31. The van der Waals surface area contributed by atoms with Crippen molar-refractivity contribution < 1.29 is 20.3 Å². The molecule has 5 heteroatoms. The van der Waals surface area contributed by atoms with Crippen LogP contribution >= 0.6 is 0 Å². The van der Waals surface area contributed by atoms with Gasteiger partial charge in [-0.1, -0.05) is 24.2 Å². The molecule has 3 N–H and O–H groups in total. The number of aliphatic hydroxyl groups excluding tert-OH is 1. The van der Waals surface area contributed by atoms with Crippen LogP contribution in [0.25, 0.3) is 0 Å². The molecule has 3 aliphatic carbocycles. The third-order valence-electron chi connectivity index (χ3n) is 6.15. The molecule has 0 amide bonds. The lowest BCUT2D eigenvalue weighted by Gasteiger charge is -2.38. The van der Waals surface area contributed by atoms with Crippen molar-refractivity contribution in [1.82, 2.24) is 0 Å². The Balaban J connectivity index is 1.50. The molecule has 1 aromatic rings. The molecule has 0 radical (unpaired) electrons. The fourth-order valence-electron chi connectivity index (χ4n) is 4.50. The summed E-state index contributed by atoms with van der Waals surface area (Å²) in [5.41, 5.74) is 2.69. The van der Waals surface area contributed by atoms with Crippen LogP contribution in [0.5, 0.6) is 0 Å². The molecular formula is C22H31N2O3+. The molecule has 1 atom stereocenters. The van der Waals surface area contributed by atoms with Crippen molar-refractivity contribution in [1.29, 1.82) is 0 Å². The molecule has 5 nitrogen and oxygen atoms in total. The Hall–Kier alpha value is -2.14. The van der Waals surface area contributed by atoms with Crippen LogP contribution in [0.4, 0.5) is 0 Å². The molecule has 3 aliphatic rings. The molecule has 1 saturated carbocycles. The maximum absolute atomic E-state index is 9.89. The van der Waals surface area contributed by atoms with Crippen molar-refractivity contribution in [3.63, 3.8) is 0 Å². The van der Waals surface area contributed by atoms with Gasteiger partial charge in [-0.3, -0.25) is 5.21 Å². The number of aromatic nitrogens is 1. The zero-order chi connectivity index (χ0) is 19.2. The Morgan fingerprint density at radius 2 is 2.04 bits per heavy atom. The summed E-state index contributed by atoms with van der Waals surface area (Å²) in [4.78, 5) is 0. The van der Waals surface area contributed by atoms with Gasteiger partial charge in [0.1, 0.15) is 0 Å². The predicted octanol–water partition coefficient (Wildman–Crippen LogP) is 3.86. The lowest BCUT2D eigenvalue weighted by Crippen LogP contribution is -2.37. The highest BCUT2D eigenvalue weighted by Crippen LogP contribution is 2.43. The standard InChI is InChI=1S/C22H30N2O3/c1-16(22(23-26)21-8-4-5-11-24(21)27)6-2-3-7-19-10-9-17-12-18(13-17)14-20(19)15-25/h4-5,8,11,14,17-19,25,27H,1-3,6-7,9-10,12-13,15H2/p+1. The summed E-state index contributed by atoms with van der Waals surface area (Å²) in [6, 6.07) is 5.17. The van der Waals surface area contributed by atoms with Gasteiger partial charge in [-0.2, -0.15) is 0 Å². The van der Waals surface area contributed by atoms with Crippen LogP contribution in [0.15, 0.2) is 53.4 Å². The summed E-state index contributed by atoms with van der Waals surface area (Å²) in [5.74, 6) is 2.08. The lowest BCUT2D eigenvalue weighted by molar-refractivity contribution is -0.905. The summed E-state index contributed by atoms with van der Waals surface area (Å²) in [6.07, 6.45) is 12.7. The van der Waals surface area contributed by atoms with Crippen LogP contribution in [-0.2, 0) is 0 Å². The number of allylic oxidation sites excluding steroid dienone is 2. The first-order chi connectivity index (χ1) is 13.1. The second-order valence-corrected chi connectivity index (χ2v) is 8.00. The van der Waals surface area contributed by atoms with E-state index in [-0.39, 0.29) is 6.61 Å². The van der Waals surface area contributed by atoms with Gasteiger partial charge in [0.05, 0.1) is 6.61 Å². The fraction of sp³-hybridized carbons (Fsp3) is 0.545. The third-order valence-corrected chi connectivity index (χ3v) is 6.15. The van der Waals surface area contributed by atoms with E-state index in [0.717, 1.165) is 29.9 Å². The van der Waals surface area contributed by atoms with Crippen LogP contribution in [0.1, 0.15) is 57.1 Å². The molecule has 27 heavy (non-hydrogen) atoms. The number of aliphatic hydroxyl groups is 1. The number of pyridine rings is 1. The predicted molar refractivity (Wildman–Crippen MR) is 104 cm³/mol. The van der Waals surface area contributed by atoms with Crippen LogP contribution in [-0.4, -0.2) is 27.8 Å². The molecule has 1 aromatic heterocycles. The summed E-state index contributed by atoms with van der Waals surface area (Å²) < 4.78 is 0.943. The van der Waals surface area contributed by atoms with Gasteiger partial charge in [0.15, 0.2) is 5.71 Å². The molecule has 1 unspecified atom stereocenters. The minimum absolute atomic E-state index is 0.185. The van der Waals surface area contributed by atoms with Gasteiger partial charge < -0.3 is 10.3 Å². The van der Waals surface area contributed by atoms with E-state index in [9.17, 15) is 15.5 Å². The SMILES string of the molecule is C=C(CCCCC1CCC2CC(C=C1CO)C2)C(=NO)c1cccc[n+]1O. The van der Waals surface area contributed by atoms with Gasteiger partial charge in [-0.05, 0) is 79.9 Å². The van der Waals surface area contributed by atoms with E-state index in [1.54, 1.807) is 18.2 Å². The van der Waals surface area contributed by atoms with Gasteiger partial charge in [-0.15, -0.1) is 0 Å². The first-order valence-electron chi connectivity index (χ1n) is 10.0. The minimum Gasteiger partial charge on any atom is -0.410 e. The first-order valence-corrected chi connectivity index (χ1v) is 10.0. The number of rotatable bonds is 8. The molecule has 0 aromatic carbocycles. The maximum atomic E-state index is 9.89. The number of nitrogens with zero attached hydrogens (tertiary/aromatic N) is 2. The maximum Gasteiger partial charge on any atom is 0.286 e. The van der Waals surface area contributed by atoms with Gasteiger partial charge >= 0.3 is 0 Å². The van der Waals surface area contributed by atoms with Crippen molar-refractivity contribution in [3.05, 3.63) is 53.9 Å². The summed E-state index contributed by atoms with van der Waals surface area (Å²) >= 11 is 0. The van der Waals surface area contributed by atoms with E-state index in [0.29, 0.717) is 35.2 Å². The number of oxime groups is 1. The zero-order valence-electron chi connectivity index (χ0n) is 15.9. The van der Waals surface area contributed by atoms with E-state index < -0.39 is 0 Å². The Morgan fingerprint density at radius 3 is 2.74 bits per heavy atom. The fourth-order valence-corrected chi connectivity index (χ4v) is 4.50. The van der Waals surface area contributed by atoms with Gasteiger partial charge in [-0.25, -0.2) is 0 Å². The van der Waals surface area contributed by atoms with Crippen molar-refractivity contribution in [2.75, 3.05) is 6.61 Å². The quantitative estimate of drug-likeness (QED) is 0.123. The molecule has 2 bridgehead atoms. The topological polar surface area (TPSA) is 76.9 Å². The molecule has 1 heterocycles. The summed E-state index contributed by atoms with van der Waals surface area (Å²) in [6.45, 7) is 4.22. The summed E-state index contributed by atoms with van der Waals surface area (Å²) in [5, 5.41) is 32.3.